The molecule has 8 nitrogen and oxygen atoms in total. The molecule has 0 aliphatic heterocycles. The Balaban J connectivity index is 1.51. The van der Waals surface area contributed by atoms with Crippen LogP contribution in [-0.2, 0) is 17.9 Å². The number of imidazole rings is 1. The first-order valence-corrected chi connectivity index (χ1v) is 10.9. The third kappa shape index (κ3) is 3.62. The third-order valence-electron chi connectivity index (χ3n) is 6.29. The Bertz CT molecular complexity index is 1290. The summed E-state index contributed by atoms with van der Waals surface area (Å²) in [6.45, 7) is 2.66. The van der Waals surface area contributed by atoms with Crippen molar-refractivity contribution in [3.05, 3.63) is 64.8 Å². The van der Waals surface area contributed by atoms with Gasteiger partial charge in [-0.3, -0.25) is 14.3 Å². The summed E-state index contributed by atoms with van der Waals surface area (Å²) in [4.78, 5) is 30.2. The Morgan fingerprint density at radius 3 is 2.71 bits per heavy atom. The van der Waals surface area contributed by atoms with Crippen molar-refractivity contribution < 1.29 is 4.79 Å². The number of hydrogen-bond donors (Lipinski definition) is 1. The number of nitrogens with zero attached hydrogens (tertiary/aromatic N) is 5. The predicted octanol–water partition coefficient (Wildman–Crippen LogP) is 2.59. The molecule has 1 aromatic carbocycles. The van der Waals surface area contributed by atoms with E-state index in [9.17, 15) is 9.59 Å². The smallest absolute Gasteiger partial charge is 0.352 e. The summed E-state index contributed by atoms with van der Waals surface area (Å²) in [5.74, 6) is 0.915. The molecule has 5 rings (SSSR count). The van der Waals surface area contributed by atoms with E-state index in [2.05, 4.69) is 22.3 Å². The van der Waals surface area contributed by atoms with Gasteiger partial charge in [0.05, 0.1) is 17.6 Å². The van der Waals surface area contributed by atoms with Crippen molar-refractivity contribution in [1.82, 2.24) is 29.0 Å². The summed E-state index contributed by atoms with van der Waals surface area (Å²) in [7, 11) is 0. The lowest BCUT2D eigenvalue weighted by atomic mass is 9.86. The number of hydrogen-bond acceptors (Lipinski definition) is 4. The van der Waals surface area contributed by atoms with Gasteiger partial charge in [0.1, 0.15) is 6.54 Å². The van der Waals surface area contributed by atoms with E-state index in [1.54, 1.807) is 16.8 Å². The van der Waals surface area contributed by atoms with Crippen LogP contribution >= 0.6 is 0 Å². The van der Waals surface area contributed by atoms with E-state index in [1.807, 2.05) is 41.0 Å². The minimum atomic E-state index is -0.227. The second-order valence-corrected chi connectivity index (χ2v) is 8.45. The van der Waals surface area contributed by atoms with Crippen molar-refractivity contribution in [2.45, 2.75) is 51.7 Å². The van der Waals surface area contributed by atoms with Crippen LogP contribution in [0.25, 0.3) is 16.8 Å². The fourth-order valence-corrected chi connectivity index (χ4v) is 4.62. The van der Waals surface area contributed by atoms with Gasteiger partial charge in [0, 0.05) is 18.4 Å². The van der Waals surface area contributed by atoms with Crippen molar-refractivity contribution in [2.24, 2.45) is 5.92 Å². The molecule has 3 aromatic heterocycles. The highest BCUT2D eigenvalue weighted by molar-refractivity contribution is 5.84. The van der Waals surface area contributed by atoms with Gasteiger partial charge in [-0.2, -0.15) is 0 Å². The minimum absolute atomic E-state index is 0.0451. The first kappa shape index (κ1) is 19.5. The molecule has 0 spiro atoms. The molecule has 4 aromatic rings. The van der Waals surface area contributed by atoms with Gasteiger partial charge in [0.15, 0.2) is 0 Å². The Hall–Kier alpha value is -3.42. The van der Waals surface area contributed by atoms with Crippen LogP contribution in [-0.4, -0.2) is 35.7 Å². The molecule has 1 N–H and O–H groups in total. The second kappa shape index (κ2) is 8.02. The van der Waals surface area contributed by atoms with Gasteiger partial charge in [-0.05, 0) is 42.5 Å². The van der Waals surface area contributed by atoms with Gasteiger partial charge in [-0.1, -0.05) is 38.0 Å². The number of rotatable bonds is 5. The number of nitrogens with one attached hydrogen (secondary N) is 1. The molecule has 0 radical (unpaired) electrons. The zero-order valence-corrected chi connectivity index (χ0v) is 17.6. The van der Waals surface area contributed by atoms with Crippen molar-refractivity contribution in [1.29, 1.82) is 0 Å². The molecule has 1 amide bonds. The standard InChI is InChI=1S/C23H26N6O2/c1-16-7-2-3-9-18(16)25-21(30)15-27-19-10-4-5-11-20(19)29-22(27)26-28(23(29)31)14-17-8-6-12-24-13-17/h4-6,8,10-13,16,18H,2-3,7,9,14-15H2,1H3,(H,25,30)/t16-,18+/m0/s1. The summed E-state index contributed by atoms with van der Waals surface area (Å²) in [6.07, 6.45) is 7.97. The number of aromatic nitrogens is 5. The molecule has 160 valence electrons. The van der Waals surface area contributed by atoms with Crippen LogP contribution in [0.5, 0.6) is 0 Å². The molecule has 31 heavy (non-hydrogen) atoms. The lowest BCUT2D eigenvalue weighted by Gasteiger charge is -2.29. The highest BCUT2D eigenvalue weighted by Crippen LogP contribution is 2.24. The lowest BCUT2D eigenvalue weighted by Crippen LogP contribution is -2.42. The van der Waals surface area contributed by atoms with Crippen LogP contribution in [0, 0.1) is 5.92 Å². The van der Waals surface area contributed by atoms with E-state index in [0.29, 0.717) is 18.2 Å². The minimum Gasteiger partial charge on any atom is -0.352 e. The van der Waals surface area contributed by atoms with Crippen LogP contribution in [0.2, 0.25) is 0 Å². The monoisotopic (exact) mass is 418 g/mol. The van der Waals surface area contributed by atoms with E-state index in [0.717, 1.165) is 35.9 Å². The van der Waals surface area contributed by atoms with Gasteiger partial charge in [-0.15, -0.1) is 5.10 Å². The topological polar surface area (TPSA) is 86.2 Å². The number of carbonyl (C=O) groups is 1. The molecule has 1 aliphatic carbocycles. The Labute approximate surface area is 179 Å². The number of fused-ring (bicyclic) bond motifs is 3. The van der Waals surface area contributed by atoms with Crippen molar-refractivity contribution >= 4 is 22.7 Å². The predicted molar refractivity (Wildman–Crippen MR) is 118 cm³/mol. The summed E-state index contributed by atoms with van der Waals surface area (Å²) >= 11 is 0. The molecule has 0 unspecified atom stereocenters. The van der Waals surface area contributed by atoms with Crippen LogP contribution in [0.4, 0.5) is 0 Å². The highest BCUT2D eigenvalue weighted by Gasteiger charge is 2.24. The largest absolute Gasteiger partial charge is 0.352 e. The fourth-order valence-electron chi connectivity index (χ4n) is 4.62. The zero-order chi connectivity index (χ0) is 21.4. The fraction of sp³-hybridized carbons (Fsp3) is 0.391. The normalized spacial score (nSPS) is 19.1. The molecule has 0 saturated heterocycles. The van der Waals surface area contributed by atoms with Gasteiger partial charge >= 0.3 is 5.69 Å². The summed E-state index contributed by atoms with van der Waals surface area (Å²) < 4.78 is 4.85. The number of carbonyl (C=O) groups excluding carboxylic acids is 1. The average molecular weight is 419 g/mol. The first-order valence-electron chi connectivity index (χ1n) is 10.9. The summed E-state index contributed by atoms with van der Waals surface area (Å²) in [5, 5.41) is 7.79. The molecular formula is C23H26N6O2. The van der Waals surface area contributed by atoms with E-state index < -0.39 is 0 Å². The van der Waals surface area contributed by atoms with E-state index in [-0.39, 0.29) is 24.2 Å². The van der Waals surface area contributed by atoms with E-state index in [1.165, 1.54) is 11.1 Å². The number of benzene rings is 1. The third-order valence-corrected chi connectivity index (χ3v) is 6.29. The van der Waals surface area contributed by atoms with Crippen molar-refractivity contribution in [3.8, 4) is 0 Å². The molecule has 1 fully saturated rings. The van der Waals surface area contributed by atoms with Gasteiger partial charge in [0.25, 0.3) is 0 Å². The van der Waals surface area contributed by atoms with Gasteiger partial charge in [0.2, 0.25) is 11.7 Å². The van der Waals surface area contributed by atoms with E-state index >= 15 is 0 Å². The molecule has 2 atom stereocenters. The summed E-state index contributed by atoms with van der Waals surface area (Å²) in [5.41, 5.74) is 2.24. The Morgan fingerprint density at radius 2 is 1.94 bits per heavy atom. The first-order chi connectivity index (χ1) is 15.1. The quantitative estimate of drug-likeness (QED) is 0.540. The molecule has 3 heterocycles. The molecule has 0 bridgehead atoms. The maximum atomic E-state index is 13.1. The summed E-state index contributed by atoms with van der Waals surface area (Å²) in [6, 6.07) is 11.6. The van der Waals surface area contributed by atoms with Gasteiger partial charge in [-0.25, -0.2) is 13.9 Å². The maximum Gasteiger partial charge on any atom is 0.352 e. The molecular weight excluding hydrogens is 392 g/mol. The van der Waals surface area contributed by atoms with Crippen LogP contribution < -0.4 is 11.0 Å². The van der Waals surface area contributed by atoms with E-state index in [4.69, 9.17) is 0 Å². The number of amides is 1. The lowest BCUT2D eigenvalue weighted by molar-refractivity contribution is -0.122. The molecule has 1 saturated carbocycles. The SMILES string of the molecule is C[C@H]1CCCC[C@H]1NC(=O)Cn1c2ccccc2n2c(=O)n(Cc3cccnc3)nc12. The Morgan fingerprint density at radius 1 is 1.13 bits per heavy atom. The van der Waals surface area contributed by atoms with Crippen molar-refractivity contribution in [2.75, 3.05) is 0 Å². The number of para-hydroxylation sites is 2. The van der Waals surface area contributed by atoms with Gasteiger partial charge < -0.3 is 5.32 Å². The highest BCUT2D eigenvalue weighted by atomic mass is 16.2. The second-order valence-electron chi connectivity index (χ2n) is 8.45. The van der Waals surface area contributed by atoms with Crippen molar-refractivity contribution in [3.63, 3.8) is 0 Å². The van der Waals surface area contributed by atoms with Crippen LogP contribution in [0.1, 0.15) is 38.2 Å². The maximum absolute atomic E-state index is 13.1. The Kier molecular flexibility index (Phi) is 5.05. The van der Waals surface area contributed by atoms with Crippen LogP contribution in [0.15, 0.2) is 53.6 Å². The number of pyridine rings is 1. The van der Waals surface area contributed by atoms with Crippen LogP contribution in [0.3, 0.4) is 0 Å². The average Bonchev–Trinajstić information content (AvgIpc) is 3.25. The zero-order valence-electron chi connectivity index (χ0n) is 17.6. The molecule has 1 aliphatic rings. The molecule has 8 heteroatoms.